The van der Waals surface area contributed by atoms with E-state index in [0.29, 0.717) is 0 Å². The lowest BCUT2D eigenvalue weighted by molar-refractivity contribution is 0.516. The first-order valence-electron chi connectivity index (χ1n) is 3.87. The van der Waals surface area contributed by atoms with Crippen LogP contribution in [0.4, 0.5) is 0 Å². The average Bonchev–Trinajstić information content (AvgIpc) is 1.81. The molecular formula is C10H12N2. The Morgan fingerprint density at radius 2 is 1.92 bits per heavy atom. The van der Waals surface area contributed by atoms with Crippen molar-refractivity contribution in [3.05, 3.63) is 24.0 Å². The zero-order chi connectivity index (χ0) is 9.03. The fraction of sp³-hybridized carbons (Fsp3) is 0.400. The number of aliphatic imine (C=N–C) groups is 2. The first-order valence-corrected chi connectivity index (χ1v) is 3.87. The Balaban J connectivity index is 3.08. The molecule has 1 aliphatic rings. The van der Waals surface area contributed by atoms with Crippen LogP contribution in [0.1, 0.15) is 20.8 Å². The second-order valence-corrected chi connectivity index (χ2v) is 3.62. The van der Waals surface area contributed by atoms with E-state index in [1.54, 1.807) is 6.20 Å². The topological polar surface area (TPSA) is 24.7 Å². The van der Waals surface area contributed by atoms with Crippen molar-refractivity contribution in [2.24, 2.45) is 15.4 Å². The van der Waals surface area contributed by atoms with Crippen LogP contribution in [-0.4, -0.2) is 11.7 Å². The van der Waals surface area contributed by atoms with Crippen LogP contribution in [0, 0.1) is 5.41 Å². The summed E-state index contributed by atoms with van der Waals surface area (Å²) < 4.78 is 0. The van der Waals surface area contributed by atoms with Crippen LogP contribution in [0.3, 0.4) is 0 Å². The van der Waals surface area contributed by atoms with Crippen LogP contribution in [0.5, 0.6) is 0 Å². The summed E-state index contributed by atoms with van der Waals surface area (Å²) in [6.07, 6.45) is 5.13. The van der Waals surface area contributed by atoms with Gasteiger partial charge in [0.1, 0.15) is 0 Å². The lowest BCUT2D eigenvalue weighted by Gasteiger charge is -2.18. The standard InChI is InChI=1S/C10H12N2/c1-10(2,3)9-4-5-11-6-7-12-8-9/h4,6,8H,1-3H3/b9-8+. The van der Waals surface area contributed by atoms with E-state index < -0.39 is 0 Å². The van der Waals surface area contributed by atoms with Crippen molar-refractivity contribution in [2.45, 2.75) is 20.8 Å². The first kappa shape index (κ1) is 8.73. The van der Waals surface area contributed by atoms with Crippen molar-refractivity contribution in [3.8, 4) is 0 Å². The molecule has 0 radical (unpaired) electrons. The van der Waals surface area contributed by atoms with E-state index in [0.717, 1.165) is 5.57 Å². The second kappa shape index (κ2) is 3.36. The summed E-state index contributed by atoms with van der Waals surface area (Å²) in [7, 11) is 0. The molecule has 0 fully saturated rings. The van der Waals surface area contributed by atoms with Gasteiger partial charge in [-0.25, -0.2) is 9.98 Å². The molecule has 0 aromatic carbocycles. The zero-order valence-corrected chi connectivity index (χ0v) is 7.63. The normalized spacial score (nSPS) is 20.1. The predicted molar refractivity (Wildman–Crippen MR) is 51.5 cm³/mol. The van der Waals surface area contributed by atoms with Crippen molar-refractivity contribution in [3.63, 3.8) is 0 Å². The molecular weight excluding hydrogens is 148 g/mol. The van der Waals surface area contributed by atoms with Crippen LogP contribution in [0.25, 0.3) is 0 Å². The van der Waals surface area contributed by atoms with Gasteiger partial charge in [-0.2, -0.15) is 0 Å². The molecule has 0 atom stereocenters. The molecule has 0 amide bonds. The zero-order valence-electron chi connectivity index (χ0n) is 7.63. The maximum atomic E-state index is 3.95. The third-order valence-corrected chi connectivity index (χ3v) is 1.56. The van der Waals surface area contributed by atoms with Crippen molar-refractivity contribution in [1.82, 2.24) is 0 Å². The number of allylic oxidation sites excluding steroid dienone is 2. The van der Waals surface area contributed by atoms with Gasteiger partial charge in [0.05, 0.1) is 6.20 Å². The van der Waals surface area contributed by atoms with E-state index in [-0.39, 0.29) is 5.41 Å². The highest BCUT2D eigenvalue weighted by molar-refractivity contribution is 5.64. The maximum absolute atomic E-state index is 3.95. The van der Waals surface area contributed by atoms with Gasteiger partial charge in [0, 0.05) is 18.1 Å². The molecule has 0 spiro atoms. The number of hydrogen-bond donors (Lipinski definition) is 0. The Labute approximate surface area is 72.7 Å². The average molecular weight is 160 g/mol. The van der Waals surface area contributed by atoms with Crippen molar-refractivity contribution < 1.29 is 0 Å². The van der Waals surface area contributed by atoms with E-state index in [9.17, 15) is 0 Å². The highest BCUT2D eigenvalue weighted by Crippen LogP contribution is 2.25. The van der Waals surface area contributed by atoms with Crippen LogP contribution in [-0.2, 0) is 0 Å². The van der Waals surface area contributed by atoms with Gasteiger partial charge in [0.2, 0.25) is 0 Å². The smallest absolute Gasteiger partial charge is 0.0981 e. The van der Waals surface area contributed by atoms with Crippen molar-refractivity contribution in [1.29, 1.82) is 0 Å². The van der Waals surface area contributed by atoms with Gasteiger partial charge < -0.3 is 0 Å². The van der Waals surface area contributed by atoms with Gasteiger partial charge in [-0.3, -0.25) is 0 Å². The lowest BCUT2D eigenvalue weighted by Crippen LogP contribution is -2.07. The maximum Gasteiger partial charge on any atom is 0.0981 e. The lowest BCUT2D eigenvalue weighted by atomic mass is 9.87. The van der Waals surface area contributed by atoms with E-state index in [1.165, 1.54) is 6.20 Å². The fourth-order valence-electron chi connectivity index (χ4n) is 0.761. The summed E-state index contributed by atoms with van der Waals surface area (Å²) in [5.41, 5.74) is 1.19. The monoisotopic (exact) mass is 160 g/mol. The molecule has 0 saturated heterocycles. The molecule has 1 aliphatic heterocycles. The van der Waals surface area contributed by atoms with Gasteiger partial charge in [-0.05, 0) is 16.9 Å². The highest BCUT2D eigenvalue weighted by Gasteiger charge is 2.14. The van der Waals surface area contributed by atoms with E-state index in [2.05, 4.69) is 42.5 Å². The Kier molecular flexibility index (Phi) is 2.44. The molecule has 62 valence electrons. The van der Waals surface area contributed by atoms with Gasteiger partial charge >= 0.3 is 0 Å². The molecule has 0 aliphatic carbocycles. The third kappa shape index (κ3) is 2.35. The summed E-state index contributed by atoms with van der Waals surface area (Å²) in [5.74, 6) is 5.46. The van der Waals surface area contributed by atoms with E-state index >= 15 is 0 Å². The SMILES string of the molecule is CC(C)(C)/C1=C/N=C=CN=C=C1. The van der Waals surface area contributed by atoms with Gasteiger partial charge in [0.25, 0.3) is 0 Å². The Bertz CT molecular complexity index is 314. The largest absolute Gasteiger partial charge is 0.212 e. The molecule has 2 heteroatoms. The summed E-state index contributed by atoms with van der Waals surface area (Å²) in [6.45, 7) is 6.37. The van der Waals surface area contributed by atoms with Gasteiger partial charge in [0.15, 0.2) is 0 Å². The minimum atomic E-state index is 0.0883. The number of rotatable bonds is 0. The Morgan fingerprint density at radius 3 is 2.58 bits per heavy atom. The molecule has 0 saturated carbocycles. The Hall–Kier alpha value is -1.36. The van der Waals surface area contributed by atoms with Crippen molar-refractivity contribution in [2.75, 3.05) is 0 Å². The van der Waals surface area contributed by atoms with Crippen LogP contribution in [0.15, 0.2) is 34.0 Å². The number of hydrogen-bond acceptors (Lipinski definition) is 2. The Morgan fingerprint density at radius 1 is 1.17 bits per heavy atom. The predicted octanol–water partition coefficient (Wildman–Crippen LogP) is 2.34. The molecule has 2 nitrogen and oxygen atoms in total. The molecule has 0 bridgehead atoms. The molecule has 0 N–H and O–H groups in total. The fourth-order valence-corrected chi connectivity index (χ4v) is 0.761. The summed E-state index contributed by atoms with van der Waals surface area (Å²) in [5, 5.41) is 0. The molecule has 1 heterocycles. The minimum Gasteiger partial charge on any atom is -0.212 e. The van der Waals surface area contributed by atoms with E-state index in [4.69, 9.17) is 0 Å². The quantitative estimate of drug-likeness (QED) is 0.519. The molecule has 0 aromatic rings. The van der Waals surface area contributed by atoms with E-state index in [1.807, 2.05) is 6.08 Å². The molecule has 0 aromatic heterocycles. The summed E-state index contributed by atoms with van der Waals surface area (Å²) in [6, 6.07) is 0. The van der Waals surface area contributed by atoms with Gasteiger partial charge in [-0.1, -0.05) is 20.8 Å². The highest BCUT2D eigenvalue weighted by atomic mass is 14.7. The first-order chi connectivity index (χ1) is 5.61. The summed E-state index contributed by atoms with van der Waals surface area (Å²) >= 11 is 0. The van der Waals surface area contributed by atoms with Crippen LogP contribution >= 0.6 is 0 Å². The second-order valence-electron chi connectivity index (χ2n) is 3.62. The third-order valence-electron chi connectivity index (χ3n) is 1.56. The summed E-state index contributed by atoms with van der Waals surface area (Å²) in [4.78, 5) is 7.76. The number of nitrogens with zero attached hydrogens (tertiary/aromatic N) is 2. The van der Waals surface area contributed by atoms with Crippen molar-refractivity contribution >= 4 is 11.7 Å². The minimum absolute atomic E-state index is 0.0883. The van der Waals surface area contributed by atoms with Gasteiger partial charge in [-0.15, -0.1) is 0 Å². The molecule has 1 rings (SSSR count). The molecule has 12 heavy (non-hydrogen) atoms. The van der Waals surface area contributed by atoms with Crippen LogP contribution < -0.4 is 0 Å². The van der Waals surface area contributed by atoms with Crippen LogP contribution in [0.2, 0.25) is 0 Å². The molecule has 0 unspecified atom stereocenters.